The zero-order valence-corrected chi connectivity index (χ0v) is 15.8. The van der Waals surface area contributed by atoms with Crippen LogP contribution in [-0.4, -0.2) is 20.8 Å². The number of rotatable bonds is 7. The molecule has 5 nitrogen and oxygen atoms in total. The topological polar surface area (TPSA) is 66.1 Å². The zero-order chi connectivity index (χ0) is 19.2. The van der Waals surface area contributed by atoms with Crippen LogP contribution < -0.4 is 5.56 Å². The summed E-state index contributed by atoms with van der Waals surface area (Å²) in [7, 11) is 0. The number of hydrogen-bond donors (Lipinski definition) is 1. The van der Waals surface area contributed by atoms with Crippen molar-refractivity contribution in [2.24, 2.45) is 5.92 Å². The molecule has 2 aromatic carbocycles. The lowest BCUT2D eigenvalue weighted by atomic mass is 10.0. The van der Waals surface area contributed by atoms with Gasteiger partial charge in [0.25, 0.3) is 5.56 Å². The van der Waals surface area contributed by atoms with Gasteiger partial charge in [0, 0.05) is 12.5 Å². The first-order chi connectivity index (χ1) is 13.1. The minimum atomic E-state index is -0.176. The van der Waals surface area contributed by atoms with Crippen molar-refractivity contribution in [2.75, 3.05) is 0 Å². The normalized spacial score (nSPS) is 11.1. The Morgan fingerprint density at radius 1 is 1.00 bits per heavy atom. The Bertz CT molecular complexity index is 962. The second-order valence-corrected chi connectivity index (χ2v) is 6.72. The van der Waals surface area contributed by atoms with Crippen LogP contribution in [0.3, 0.4) is 0 Å². The molecule has 27 heavy (non-hydrogen) atoms. The second kappa shape index (κ2) is 8.62. The van der Waals surface area contributed by atoms with Crippen molar-refractivity contribution >= 4 is 16.8 Å². The molecule has 3 rings (SSSR count). The number of nitrogens with zero attached hydrogens (tertiary/aromatic N) is 2. The van der Waals surface area contributed by atoms with E-state index in [1.165, 1.54) is 0 Å². The van der Waals surface area contributed by atoms with E-state index in [0.29, 0.717) is 23.3 Å². The molecule has 3 aromatic rings. The Morgan fingerprint density at radius 3 is 2.37 bits per heavy atom. The average Bonchev–Trinajstić information content (AvgIpc) is 2.69. The van der Waals surface area contributed by atoms with Crippen molar-refractivity contribution in [3.05, 3.63) is 76.3 Å². The van der Waals surface area contributed by atoms with Gasteiger partial charge in [-0.15, -0.1) is 0 Å². The van der Waals surface area contributed by atoms with Gasteiger partial charge in [0.05, 0.1) is 17.4 Å². The molecule has 0 aliphatic carbocycles. The Balaban J connectivity index is 1.93. The quantitative estimate of drug-likeness (QED) is 0.692. The van der Waals surface area contributed by atoms with Crippen molar-refractivity contribution in [3.63, 3.8) is 0 Å². The predicted octanol–water partition coefficient (Wildman–Crippen LogP) is 3.89. The lowest BCUT2D eigenvalue weighted by Crippen LogP contribution is -2.36. The molecule has 1 heterocycles. The summed E-state index contributed by atoms with van der Waals surface area (Å²) in [5.41, 5.74) is 1.52. The molecular weight excluding hydrogens is 338 g/mol. The van der Waals surface area contributed by atoms with Crippen molar-refractivity contribution in [1.82, 2.24) is 14.9 Å². The molecule has 1 N–H and O–H groups in total. The van der Waals surface area contributed by atoms with E-state index in [0.717, 1.165) is 18.4 Å². The van der Waals surface area contributed by atoms with Crippen LogP contribution in [-0.2, 0) is 17.9 Å². The SMILES string of the molecule is CCC(CC)C(=O)N(Cc1ccccc1)Cc1nc2ccccc2c(=O)[nH]1. The number of amides is 1. The van der Waals surface area contributed by atoms with E-state index >= 15 is 0 Å². The number of hydrogen-bond acceptors (Lipinski definition) is 3. The summed E-state index contributed by atoms with van der Waals surface area (Å²) in [6.45, 7) is 4.84. The van der Waals surface area contributed by atoms with Crippen LogP contribution in [0.25, 0.3) is 10.9 Å². The highest BCUT2D eigenvalue weighted by atomic mass is 16.2. The molecule has 1 aromatic heterocycles. The number of aromatic amines is 1. The largest absolute Gasteiger partial charge is 0.331 e. The maximum Gasteiger partial charge on any atom is 0.258 e. The van der Waals surface area contributed by atoms with E-state index in [-0.39, 0.29) is 23.9 Å². The van der Waals surface area contributed by atoms with Crippen LogP contribution in [0.2, 0.25) is 0 Å². The molecule has 0 aliphatic rings. The molecule has 0 radical (unpaired) electrons. The van der Waals surface area contributed by atoms with Crippen LogP contribution >= 0.6 is 0 Å². The average molecular weight is 363 g/mol. The van der Waals surface area contributed by atoms with Gasteiger partial charge in [-0.1, -0.05) is 56.3 Å². The third-order valence-electron chi connectivity index (χ3n) is 4.87. The fraction of sp³-hybridized carbons (Fsp3) is 0.318. The summed E-state index contributed by atoms with van der Waals surface area (Å²) in [6, 6.07) is 17.1. The number of para-hydroxylation sites is 1. The lowest BCUT2D eigenvalue weighted by molar-refractivity contribution is -0.137. The lowest BCUT2D eigenvalue weighted by Gasteiger charge is -2.26. The minimum absolute atomic E-state index is 0.0270. The van der Waals surface area contributed by atoms with E-state index in [2.05, 4.69) is 9.97 Å². The van der Waals surface area contributed by atoms with Gasteiger partial charge in [-0.2, -0.15) is 0 Å². The maximum atomic E-state index is 13.1. The zero-order valence-electron chi connectivity index (χ0n) is 15.8. The molecule has 0 saturated carbocycles. The summed E-state index contributed by atoms with van der Waals surface area (Å²) < 4.78 is 0. The van der Waals surface area contributed by atoms with Gasteiger partial charge in [0.15, 0.2) is 0 Å². The number of carbonyl (C=O) groups excluding carboxylic acids is 1. The standard InChI is InChI=1S/C22H25N3O2/c1-3-17(4-2)22(27)25(14-16-10-6-5-7-11-16)15-20-23-19-13-9-8-12-18(19)21(26)24-20/h5-13,17H,3-4,14-15H2,1-2H3,(H,23,24,26). The van der Waals surface area contributed by atoms with Crippen LogP contribution in [0.15, 0.2) is 59.4 Å². The molecule has 0 saturated heterocycles. The monoisotopic (exact) mass is 363 g/mol. The first-order valence-corrected chi connectivity index (χ1v) is 9.43. The van der Waals surface area contributed by atoms with Crippen LogP contribution in [0, 0.1) is 5.92 Å². The highest BCUT2D eigenvalue weighted by Crippen LogP contribution is 2.17. The van der Waals surface area contributed by atoms with Gasteiger partial charge >= 0.3 is 0 Å². The highest BCUT2D eigenvalue weighted by molar-refractivity contribution is 5.79. The van der Waals surface area contributed by atoms with Crippen molar-refractivity contribution < 1.29 is 4.79 Å². The summed E-state index contributed by atoms with van der Waals surface area (Å²) in [6.07, 6.45) is 1.59. The number of H-pyrrole nitrogens is 1. The smallest absolute Gasteiger partial charge is 0.258 e. The number of carbonyl (C=O) groups is 1. The molecule has 0 bridgehead atoms. The van der Waals surface area contributed by atoms with Crippen molar-refractivity contribution in [3.8, 4) is 0 Å². The highest BCUT2D eigenvalue weighted by Gasteiger charge is 2.23. The molecular formula is C22H25N3O2. The number of aromatic nitrogens is 2. The number of benzene rings is 2. The van der Waals surface area contributed by atoms with Crippen LogP contribution in [0.4, 0.5) is 0 Å². The summed E-state index contributed by atoms with van der Waals surface area (Å²) in [5, 5.41) is 0.558. The van der Waals surface area contributed by atoms with Crippen molar-refractivity contribution in [2.45, 2.75) is 39.8 Å². The Kier molecular flexibility index (Phi) is 6.01. The third kappa shape index (κ3) is 4.42. The summed E-state index contributed by atoms with van der Waals surface area (Å²) in [4.78, 5) is 34.6. The maximum absolute atomic E-state index is 13.1. The van der Waals surface area contributed by atoms with E-state index in [4.69, 9.17) is 0 Å². The van der Waals surface area contributed by atoms with Gasteiger partial charge < -0.3 is 9.88 Å². The molecule has 0 atom stereocenters. The second-order valence-electron chi connectivity index (χ2n) is 6.72. The summed E-state index contributed by atoms with van der Waals surface area (Å²) in [5.74, 6) is 0.578. The Labute approximate surface area is 159 Å². The molecule has 0 aliphatic heterocycles. The predicted molar refractivity (Wildman–Crippen MR) is 107 cm³/mol. The van der Waals surface area contributed by atoms with Crippen LogP contribution in [0.5, 0.6) is 0 Å². The molecule has 5 heteroatoms. The number of nitrogens with one attached hydrogen (secondary N) is 1. The minimum Gasteiger partial charge on any atom is -0.331 e. The first-order valence-electron chi connectivity index (χ1n) is 9.43. The van der Waals surface area contributed by atoms with Gasteiger partial charge in [0.2, 0.25) is 5.91 Å². The van der Waals surface area contributed by atoms with E-state index in [1.807, 2.05) is 62.4 Å². The van der Waals surface area contributed by atoms with Gasteiger partial charge in [-0.25, -0.2) is 4.98 Å². The first kappa shape index (κ1) is 18.8. The molecule has 0 unspecified atom stereocenters. The fourth-order valence-corrected chi connectivity index (χ4v) is 3.30. The van der Waals surface area contributed by atoms with Crippen LogP contribution in [0.1, 0.15) is 38.1 Å². The van der Waals surface area contributed by atoms with Gasteiger partial charge in [-0.3, -0.25) is 9.59 Å². The fourth-order valence-electron chi connectivity index (χ4n) is 3.30. The van der Waals surface area contributed by atoms with E-state index < -0.39 is 0 Å². The molecule has 0 fully saturated rings. The Morgan fingerprint density at radius 2 is 1.67 bits per heavy atom. The molecule has 1 amide bonds. The van der Waals surface area contributed by atoms with Crippen molar-refractivity contribution in [1.29, 1.82) is 0 Å². The Hall–Kier alpha value is -2.95. The van der Waals surface area contributed by atoms with E-state index in [9.17, 15) is 9.59 Å². The third-order valence-corrected chi connectivity index (χ3v) is 4.87. The molecule has 140 valence electrons. The van der Waals surface area contributed by atoms with E-state index in [1.54, 1.807) is 11.0 Å². The van der Waals surface area contributed by atoms with Gasteiger partial charge in [0.1, 0.15) is 5.82 Å². The number of fused-ring (bicyclic) bond motifs is 1. The summed E-state index contributed by atoms with van der Waals surface area (Å²) >= 11 is 0. The van der Waals surface area contributed by atoms with Gasteiger partial charge in [-0.05, 0) is 30.5 Å². The molecule has 0 spiro atoms.